The summed E-state index contributed by atoms with van der Waals surface area (Å²) in [4.78, 5) is 26.9. The van der Waals surface area contributed by atoms with E-state index >= 15 is 0 Å². The Kier molecular flexibility index (Phi) is 4.80. The Balaban J connectivity index is 1.90. The third-order valence-electron chi connectivity index (χ3n) is 7.01. The van der Waals surface area contributed by atoms with E-state index in [2.05, 4.69) is 0 Å². The first-order valence-corrected chi connectivity index (χ1v) is 11.7. The topological polar surface area (TPSA) is 58.2 Å². The molecule has 180 valence electrons. The van der Waals surface area contributed by atoms with E-state index in [1.54, 1.807) is 19.2 Å². The minimum absolute atomic E-state index is 0.388. The van der Waals surface area contributed by atoms with Crippen molar-refractivity contribution in [2.24, 2.45) is 14.1 Å². The molecule has 1 aliphatic rings. The lowest BCUT2D eigenvalue weighted by molar-refractivity contribution is 0.228. The summed E-state index contributed by atoms with van der Waals surface area (Å²) in [5, 5.41) is 0.420. The summed E-state index contributed by atoms with van der Waals surface area (Å²) in [6, 6.07) is 19.9. The number of aromatic nitrogens is 3. The third-order valence-corrected chi connectivity index (χ3v) is 7.01. The molecule has 3 aromatic carbocycles. The van der Waals surface area contributed by atoms with Gasteiger partial charge < -0.3 is 9.30 Å². The van der Waals surface area contributed by atoms with Gasteiger partial charge in [-0.2, -0.15) is 0 Å². The molecule has 0 unspecified atom stereocenters. The SMILES string of the molecule is Cc1ccc2c(c1)-n1c(-c3ccccc3C)c3c(=O)n(C)c(=O)n(C)c3c1[C@@H](c1cccc(F)c1)O2. The van der Waals surface area contributed by atoms with Gasteiger partial charge in [-0.15, -0.1) is 0 Å². The quantitative estimate of drug-likeness (QED) is 0.359. The van der Waals surface area contributed by atoms with E-state index in [4.69, 9.17) is 4.74 Å². The summed E-state index contributed by atoms with van der Waals surface area (Å²) in [6.07, 6.45) is -0.742. The smallest absolute Gasteiger partial charge is 0.331 e. The first-order valence-electron chi connectivity index (χ1n) is 11.7. The lowest BCUT2D eigenvalue weighted by Crippen LogP contribution is -2.37. The van der Waals surface area contributed by atoms with Gasteiger partial charge in [0.05, 0.1) is 28.0 Å². The van der Waals surface area contributed by atoms with E-state index in [0.29, 0.717) is 33.6 Å². The average Bonchev–Trinajstić information content (AvgIpc) is 3.22. The molecule has 0 fully saturated rings. The molecule has 0 spiro atoms. The standard InChI is InChI=1S/C29H24FN3O3/c1-16-12-13-22-21(14-16)33-24(20-11-6-5-8-17(20)2)23-25(31(3)29(35)32(4)28(23)34)26(33)27(36-22)18-9-7-10-19(30)15-18/h5-15,27H,1-4H3/t27-/m1/s1. The zero-order chi connectivity index (χ0) is 25.3. The van der Waals surface area contributed by atoms with E-state index in [1.807, 2.05) is 60.9 Å². The van der Waals surface area contributed by atoms with Gasteiger partial charge in [-0.05, 0) is 49.2 Å². The Morgan fingerprint density at radius 2 is 1.67 bits per heavy atom. The fourth-order valence-electron chi connectivity index (χ4n) is 5.26. The predicted molar refractivity (Wildman–Crippen MR) is 138 cm³/mol. The summed E-state index contributed by atoms with van der Waals surface area (Å²) < 4.78 is 25.5. The highest BCUT2D eigenvalue weighted by Gasteiger charge is 2.36. The van der Waals surface area contributed by atoms with Crippen LogP contribution in [0.25, 0.3) is 27.8 Å². The Bertz CT molecular complexity index is 1830. The number of hydrogen-bond donors (Lipinski definition) is 0. The van der Waals surface area contributed by atoms with Crippen LogP contribution in [0.2, 0.25) is 0 Å². The van der Waals surface area contributed by atoms with Gasteiger partial charge >= 0.3 is 5.69 Å². The molecule has 36 heavy (non-hydrogen) atoms. The monoisotopic (exact) mass is 481 g/mol. The number of rotatable bonds is 2. The van der Waals surface area contributed by atoms with E-state index in [9.17, 15) is 14.0 Å². The Labute approximate surface area is 206 Å². The third kappa shape index (κ3) is 3.02. The minimum Gasteiger partial charge on any atom is -0.477 e. The van der Waals surface area contributed by atoms with E-state index < -0.39 is 17.6 Å². The van der Waals surface area contributed by atoms with Crippen molar-refractivity contribution in [3.8, 4) is 22.7 Å². The van der Waals surface area contributed by atoms with Crippen LogP contribution in [0.1, 0.15) is 28.5 Å². The van der Waals surface area contributed by atoms with E-state index in [0.717, 1.165) is 26.9 Å². The van der Waals surface area contributed by atoms with Crippen molar-refractivity contribution in [2.75, 3.05) is 0 Å². The molecular formula is C29H24FN3O3. The van der Waals surface area contributed by atoms with E-state index in [-0.39, 0.29) is 5.56 Å². The number of nitrogens with zero attached hydrogens (tertiary/aromatic N) is 3. The van der Waals surface area contributed by atoms with Gasteiger partial charge in [0, 0.05) is 25.2 Å². The number of halogens is 1. The van der Waals surface area contributed by atoms with Crippen molar-refractivity contribution in [3.05, 3.63) is 116 Å². The molecule has 0 aliphatic carbocycles. The second-order valence-corrected chi connectivity index (χ2v) is 9.34. The number of benzene rings is 3. The Morgan fingerprint density at radius 1 is 0.889 bits per heavy atom. The molecule has 7 heteroatoms. The zero-order valence-electron chi connectivity index (χ0n) is 20.4. The van der Waals surface area contributed by atoms with Crippen LogP contribution in [0.3, 0.4) is 0 Å². The fourth-order valence-corrected chi connectivity index (χ4v) is 5.26. The van der Waals surface area contributed by atoms with Crippen molar-refractivity contribution in [1.29, 1.82) is 0 Å². The molecule has 5 aromatic rings. The van der Waals surface area contributed by atoms with Crippen molar-refractivity contribution in [1.82, 2.24) is 13.7 Å². The maximum atomic E-state index is 14.4. The normalized spacial score (nSPS) is 14.4. The van der Waals surface area contributed by atoms with Crippen LogP contribution in [0.4, 0.5) is 4.39 Å². The maximum absolute atomic E-state index is 14.4. The summed E-state index contributed by atoms with van der Waals surface area (Å²) >= 11 is 0. The van der Waals surface area contributed by atoms with Crippen LogP contribution >= 0.6 is 0 Å². The molecule has 6 nitrogen and oxygen atoms in total. The van der Waals surface area contributed by atoms with Crippen molar-refractivity contribution < 1.29 is 9.13 Å². The highest BCUT2D eigenvalue weighted by atomic mass is 19.1. The van der Waals surface area contributed by atoms with Gasteiger partial charge in [0.2, 0.25) is 0 Å². The van der Waals surface area contributed by atoms with Crippen LogP contribution < -0.4 is 16.0 Å². The lowest BCUT2D eigenvalue weighted by atomic mass is 10.0. The number of fused-ring (bicyclic) bond motifs is 5. The molecule has 1 atom stereocenters. The minimum atomic E-state index is -0.742. The van der Waals surface area contributed by atoms with Gasteiger partial charge in [0.1, 0.15) is 11.6 Å². The Morgan fingerprint density at radius 3 is 2.42 bits per heavy atom. The Hall–Kier alpha value is -4.39. The van der Waals surface area contributed by atoms with Crippen LogP contribution in [0.15, 0.2) is 76.3 Å². The fraction of sp³-hybridized carbons (Fsp3) is 0.172. The number of hydrogen-bond acceptors (Lipinski definition) is 3. The summed E-state index contributed by atoms with van der Waals surface area (Å²) in [6.45, 7) is 3.98. The second kappa shape index (κ2) is 7.81. The molecular weight excluding hydrogens is 457 g/mol. The molecule has 6 rings (SSSR count). The lowest BCUT2D eigenvalue weighted by Gasteiger charge is -2.30. The van der Waals surface area contributed by atoms with Crippen molar-refractivity contribution in [3.63, 3.8) is 0 Å². The van der Waals surface area contributed by atoms with Gasteiger partial charge in [0.25, 0.3) is 5.56 Å². The first-order chi connectivity index (χ1) is 17.3. The molecule has 3 heterocycles. The van der Waals surface area contributed by atoms with Crippen LogP contribution in [0.5, 0.6) is 5.75 Å². The van der Waals surface area contributed by atoms with E-state index in [1.165, 1.54) is 23.7 Å². The summed E-state index contributed by atoms with van der Waals surface area (Å²) in [7, 11) is 3.14. The number of aryl methyl sites for hydroxylation is 3. The van der Waals surface area contributed by atoms with Crippen molar-refractivity contribution in [2.45, 2.75) is 20.0 Å². The van der Waals surface area contributed by atoms with Gasteiger partial charge in [-0.3, -0.25) is 13.9 Å². The summed E-state index contributed by atoms with van der Waals surface area (Å²) in [5.74, 6) is 0.219. The summed E-state index contributed by atoms with van der Waals surface area (Å²) in [5.41, 5.74) is 5.18. The molecule has 1 aliphatic heterocycles. The van der Waals surface area contributed by atoms with Gasteiger partial charge in [-0.25, -0.2) is 9.18 Å². The zero-order valence-corrected chi connectivity index (χ0v) is 20.4. The highest BCUT2D eigenvalue weighted by Crippen LogP contribution is 2.47. The van der Waals surface area contributed by atoms with Crippen molar-refractivity contribution >= 4 is 10.9 Å². The highest BCUT2D eigenvalue weighted by molar-refractivity contribution is 5.98. The second-order valence-electron chi connectivity index (χ2n) is 9.34. The molecule has 2 aromatic heterocycles. The van der Waals surface area contributed by atoms with Gasteiger partial charge in [0.15, 0.2) is 6.10 Å². The molecule has 0 N–H and O–H groups in total. The number of ether oxygens (including phenoxy) is 1. The van der Waals surface area contributed by atoms with Crippen LogP contribution in [-0.4, -0.2) is 13.7 Å². The largest absolute Gasteiger partial charge is 0.477 e. The average molecular weight is 482 g/mol. The maximum Gasteiger partial charge on any atom is 0.331 e. The first kappa shape index (κ1) is 22.1. The van der Waals surface area contributed by atoms with Crippen LogP contribution in [-0.2, 0) is 14.1 Å². The molecule has 0 radical (unpaired) electrons. The molecule has 0 amide bonds. The molecule has 0 saturated carbocycles. The van der Waals surface area contributed by atoms with Gasteiger partial charge in [-0.1, -0.05) is 42.5 Å². The predicted octanol–water partition coefficient (Wildman–Crippen LogP) is 4.93. The molecule has 0 bridgehead atoms. The molecule has 0 saturated heterocycles. The van der Waals surface area contributed by atoms with Crippen LogP contribution in [0, 0.1) is 19.7 Å².